The van der Waals surface area contributed by atoms with E-state index in [9.17, 15) is 0 Å². The van der Waals surface area contributed by atoms with E-state index in [4.69, 9.17) is 4.98 Å². The van der Waals surface area contributed by atoms with Gasteiger partial charge in [-0.3, -0.25) is 9.55 Å². The van der Waals surface area contributed by atoms with Gasteiger partial charge in [-0.05, 0) is 65.4 Å². The Morgan fingerprint density at radius 2 is 1.02 bits per heavy atom. The molecule has 0 unspecified atom stereocenters. The number of para-hydroxylation sites is 3. The van der Waals surface area contributed by atoms with Crippen molar-refractivity contribution in [3.63, 3.8) is 0 Å². The van der Waals surface area contributed by atoms with Crippen LogP contribution in [0.4, 0.5) is 0 Å². The van der Waals surface area contributed by atoms with Crippen LogP contribution in [0.25, 0.3) is 77.0 Å². The fourth-order valence-electron chi connectivity index (χ4n) is 6.67. The minimum absolute atomic E-state index is 0.898. The molecular formula is C38H24N4. The van der Waals surface area contributed by atoms with Gasteiger partial charge in [0.1, 0.15) is 5.82 Å². The van der Waals surface area contributed by atoms with E-state index in [1.165, 1.54) is 49.0 Å². The van der Waals surface area contributed by atoms with Crippen LogP contribution in [-0.2, 0) is 0 Å². The average molecular weight is 537 g/mol. The predicted octanol–water partition coefficient (Wildman–Crippen LogP) is 9.49. The van der Waals surface area contributed by atoms with Gasteiger partial charge in [-0.15, -0.1) is 0 Å². The Kier molecular flexibility index (Phi) is 4.87. The number of benzene rings is 5. The molecule has 0 saturated heterocycles. The van der Waals surface area contributed by atoms with Crippen LogP contribution < -0.4 is 0 Å². The Bertz CT molecular complexity index is 2430. The van der Waals surface area contributed by atoms with Crippen LogP contribution in [0.2, 0.25) is 0 Å². The van der Waals surface area contributed by atoms with Gasteiger partial charge in [0.05, 0.1) is 22.1 Å². The number of pyridine rings is 2. The molecule has 0 bridgehead atoms. The van der Waals surface area contributed by atoms with Crippen molar-refractivity contribution in [1.29, 1.82) is 0 Å². The van der Waals surface area contributed by atoms with Crippen molar-refractivity contribution in [2.75, 3.05) is 0 Å². The highest BCUT2D eigenvalue weighted by Gasteiger charge is 2.19. The van der Waals surface area contributed by atoms with E-state index in [1.54, 1.807) is 6.20 Å². The summed E-state index contributed by atoms with van der Waals surface area (Å²) in [6.45, 7) is 0. The van der Waals surface area contributed by atoms with E-state index in [0.717, 1.165) is 28.0 Å². The first-order valence-corrected chi connectivity index (χ1v) is 14.2. The highest BCUT2D eigenvalue weighted by atomic mass is 15.1. The summed E-state index contributed by atoms with van der Waals surface area (Å²) in [5, 5.41) is 7.52. The Hall–Kier alpha value is -5.74. The summed E-state index contributed by atoms with van der Waals surface area (Å²) >= 11 is 0. The number of rotatable bonds is 3. The Balaban J connectivity index is 1.35. The monoisotopic (exact) mass is 536 g/mol. The van der Waals surface area contributed by atoms with Crippen LogP contribution in [0.3, 0.4) is 0 Å². The van der Waals surface area contributed by atoms with Crippen LogP contribution in [0.5, 0.6) is 0 Å². The van der Waals surface area contributed by atoms with Crippen molar-refractivity contribution in [1.82, 2.24) is 19.1 Å². The molecule has 9 aromatic rings. The van der Waals surface area contributed by atoms with E-state index >= 15 is 0 Å². The molecule has 4 heteroatoms. The van der Waals surface area contributed by atoms with Crippen molar-refractivity contribution in [2.24, 2.45) is 0 Å². The van der Waals surface area contributed by atoms with Crippen molar-refractivity contribution >= 4 is 54.4 Å². The third-order valence-corrected chi connectivity index (χ3v) is 8.45. The minimum Gasteiger partial charge on any atom is -0.309 e. The second-order valence-corrected chi connectivity index (χ2v) is 10.7. The third kappa shape index (κ3) is 3.23. The smallest absolute Gasteiger partial charge is 0.137 e. The molecule has 4 heterocycles. The largest absolute Gasteiger partial charge is 0.309 e. The SMILES string of the molecule is c1ccc(-n2c3ccccc3c3c4ccc5c(c4ccc32)c2ccccc2n5-c2ccc(-c3cccnc3)cn2)cc1. The molecule has 196 valence electrons. The normalized spacial score (nSPS) is 11.8. The minimum atomic E-state index is 0.898. The molecule has 0 fully saturated rings. The quantitative estimate of drug-likeness (QED) is 0.225. The van der Waals surface area contributed by atoms with Gasteiger partial charge in [-0.25, -0.2) is 4.98 Å². The predicted molar refractivity (Wildman–Crippen MR) is 174 cm³/mol. The summed E-state index contributed by atoms with van der Waals surface area (Å²) in [6.07, 6.45) is 5.61. The first kappa shape index (κ1) is 23.0. The summed E-state index contributed by atoms with van der Waals surface area (Å²) in [5.74, 6) is 0.898. The molecule has 0 aliphatic carbocycles. The maximum absolute atomic E-state index is 4.94. The van der Waals surface area contributed by atoms with Gasteiger partial charge in [-0.1, -0.05) is 72.8 Å². The Morgan fingerprint density at radius 1 is 0.405 bits per heavy atom. The molecule has 0 aliphatic rings. The molecule has 4 nitrogen and oxygen atoms in total. The van der Waals surface area contributed by atoms with Crippen molar-refractivity contribution in [2.45, 2.75) is 0 Å². The van der Waals surface area contributed by atoms with Gasteiger partial charge < -0.3 is 4.57 Å². The number of hydrogen-bond donors (Lipinski definition) is 0. The molecule has 0 amide bonds. The number of fused-ring (bicyclic) bond motifs is 9. The molecule has 0 saturated carbocycles. The first-order chi connectivity index (χ1) is 20.9. The molecule has 0 radical (unpaired) electrons. The van der Waals surface area contributed by atoms with E-state index in [1.807, 2.05) is 18.5 Å². The zero-order valence-electron chi connectivity index (χ0n) is 22.6. The van der Waals surface area contributed by atoms with Crippen molar-refractivity contribution in [3.05, 3.63) is 146 Å². The molecule has 0 atom stereocenters. The average Bonchev–Trinajstić information content (AvgIpc) is 3.59. The fraction of sp³-hybridized carbons (Fsp3) is 0. The molecular weight excluding hydrogens is 512 g/mol. The highest BCUT2D eigenvalue weighted by molar-refractivity contribution is 6.29. The zero-order chi connectivity index (χ0) is 27.6. The molecule has 0 N–H and O–H groups in total. The van der Waals surface area contributed by atoms with Gasteiger partial charge >= 0.3 is 0 Å². The van der Waals surface area contributed by atoms with Gasteiger partial charge in [-0.2, -0.15) is 0 Å². The topological polar surface area (TPSA) is 35.6 Å². The lowest BCUT2D eigenvalue weighted by atomic mass is 9.99. The summed E-state index contributed by atoms with van der Waals surface area (Å²) in [4.78, 5) is 9.21. The number of nitrogens with zero attached hydrogens (tertiary/aromatic N) is 4. The lowest BCUT2D eigenvalue weighted by molar-refractivity contribution is 1.08. The van der Waals surface area contributed by atoms with Gasteiger partial charge in [0, 0.05) is 56.9 Å². The van der Waals surface area contributed by atoms with Crippen LogP contribution in [0.15, 0.2) is 146 Å². The molecule has 9 rings (SSSR count). The lowest BCUT2D eigenvalue weighted by Gasteiger charge is -2.10. The van der Waals surface area contributed by atoms with Crippen LogP contribution in [0.1, 0.15) is 0 Å². The number of hydrogen-bond acceptors (Lipinski definition) is 2. The highest BCUT2D eigenvalue weighted by Crippen LogP contribution is 2.42. The van der Waals surface area contributed by atoms with Crippen LogP contribution in [-0.4, -0.2) is 19.1 Å². The Labute approximate surface area is 241 Å². The maximum Gasteiger partial charge on any atom is 0.137 e. The van der Waals surface area contributed by atoms with Crippen molar-refractivity contribution < 1.29 is 0 Å². The second kappa shape index (κ2) is 8.88. The second-order valence-electron chi connectivity index (χ2n) is 10.7. The molecule has 0 spiro atoms. The van der Waals surface area contributed by atoms with Gasteiger partial charge in [0.25, 0.3) is 0 Å². The van der Waals surface area contributed by atoms with E-state index in [0.29, 0.717) is 0 Å². The maximum atomic E-state index is 4.94. The van der Waals surface area contributed by atoms with Crippen molar-refractivity contribution in [3.8, 4) is 22.6 Å². The lowest BCUT2D eigenvalue weighted by Crippen LogP contribution is -1.97. The zero-order valence-corrected chi connectivity index (χ0v) is 22.6. The van der Waals surface area contributed by atoms with Gasteiger partial charge in [0.2, 0.25) is 0 Å². The molecule has 0 aliphatic heterocycles. The first-order valence-electron chi connectivity index (χ1n) is 14.2. The summed E-state index contributed by atoms with van der Waals surface area (Å²) in [5.41, 5.74) is 8.00. The summed E-state index contributed by atoms with van der Waals surface area (Å²) < 4.78 is 4.67. The summed E-state index contributed by atoms with van der Waals surface area (Å²) in [7, 11) is 0. The Morgan fingerprint density at radius 3 is 1.67 bits per heavy atom. The van der Waals surface area contributed by atoms with E-state index in [-0.39, 0.29) is 0 Å². The molecule has 4 aromatic heterocycles. The van der Waals surface area contributed by atoms with E-state index < -0.39 is 0 Å². The molecule has 5 aromatic carbocycles. The molecule has 42 heavy (non-hydrogen) atoms. The van der Waals surface area contributed by atoms with Gasteiger partial charge in [0.15, 0.2) is 0 Å². The third-order valence-electron chi connectivity index (χ3n) is 8.45. The van der Waals surface area contributed by atoms with Crippen LogP contribution >= 0.6 is 0 Å². The standard InChI is InChI=1S/C38H24N4/c1-2-10-27(11-3-1)41-32-14-6-4-12-30(32)37-28-18-20-35-38(29(28)17-19-34(37)41)31-13-5-7-15-33(31)42(35)36-21-16-26(24-40-36)25-9-8-22-39-23-25/h1-24H. The fourth-order valence-corrected chi connectivity index (χ4v) is 6.67. The number of aromatic nitrogens is 4. The van der Waals surface area contributed by atoms with Crippen LogP contribution in [0, 0.1) is 0 Å². The summed E-state index contributed by atoms with van der Waals surface area (Å²) in [6, 6.07) is 45.4. The van der Waals surface area contributed by atoms with E-state index in [2.05, 4.69) is 135 Å².